The van der Waals surface area contributed by atoms with Gasteiger partial charge in [-0.05, 0) is 30.9 Å². The summed E-state index contributed by atoms with van der Waals surface area (Å²) in [6, 6.07) is 3.12. The Morgan fingerprint density at radius 2 is 2.00 bits per heavy atom. The van der Waals surface area contributed by atoms with Crippen molar-refractivity contribution in [2.45, 2.75) is 25.8 Å². The fourth-order valence-electron chi connectivity index (χ4n) is 2.09. The number of nitrogens with one attached hydrogen (secondary N) is 1. The predicted molar refractivity (Wildman–Crippen MR) is 68.1 cm³/mol. The maximum absolute atomic E-state index is 13.7. The van der Waals surface area contributed by atoms with Gasteiger partial charge in [0.15, 0.2) is 11.6 Å². The van der Waals surface area contributed by atoms with Crippen molar-refractivity contribution in [1.82, 2.24) is 0 Å². The van der Waals surface area contributed by atoms with Gasteiger partial charge >= 0.3 is 0 Å². The molecule has 0 amide bonds. The van der Waals surface area contributed by atoms with Crippen LogP contribution in [0, 0.1) is 17.6 Å². The van der Waals surface area contributed by atoms with Crippen molar-refractivity contribution in [2.24, 2.45) is 11.7 Å². The highest BCUT2D eigenvalue weighted by Gasteiger charge is 2.26. The summed E-state index contributed by atoms with van der Waals surface area (Å²) in [5.41, 5.74) is 5.42. The van der Waals surface area contributed by atoms with Crippen LogP contribution in [0.2, 0.25) is 0 Å². The zero-order chi connectivity index (χ0) is 12.6. The van der Waals surface area contributed by atoms with Crippen LogP contribution in [0.25, 0.3) is 0 Å². The van der Waals surface area contributed by atoms with Crippen molar-refractivity contribution in [1.29, 1.82) is 0 Å². The topological polar surface area (TPSA) is 38.0 Å². The van der Waals surface area contributed by atoms with Gasteiger partial charge in [0.2, 0.25) is 0 Å². The van der Waals surface area contributed by atoms with E-state index < -0.39 is 11.6 Å². The molecule has 2 nitrogen and oxygen atoms in total. The molecule has 1 aliphatic carbocycles. The molecular weight excluding hydrogens is 242 g/mol. The summed E-state index contributed by atoms with van der Waals surface area (Å²) in [6.07, 6.45) is 1.97. The number of hydrogen-bond acceptors (Lipinski definition) is 2. The number of hydrogen-bond donors (Lipinski definition) is 2. The van der Waals surface area contributed by atoms with Gasteiger partial charge in [0, 0.05) is 11.6 Å². The molecule has 0 heterocycles. The van der Waals surface area contributed by atoms with Gasteiger partial charge in [0.25, 0.3) is 0 Å². The fourth-order valence-corrected chi connectivity index (χ4v) is 2.25. The SMILES string of the molecule is CC1CC(Nc2ccc(C(N)=S)c(F)c2F)C1. The van der Waals surface area contributed by atoms with E-state index in [1.54, 1.807) is 0 Å². The van der Waals surface area contributed by atoms with Gasteiger partial charge in [-0.1, -0.05) is 19.1 Å². The molecule has 0 aliphatic heterocycles. The van der Waals surface area contributed by atoms with Gasteiger partial charge in [-0.2, -0.15) is 0 Å². The van der Waals surface area contributed by atoms with Crippen LogP contribution in [0.5, 0.6) is 0 Å². The first-order chi connectivity index (χ1) is 7.99. The van der Waals surface area contributed by atoms with Crippen molar-refractivity contribution < 1.29 is 8.78 Å². The monoisotopic (exact) mass is 256 g/mol. The molecule has 0 radical (unpaired) electrons. The van der Waals surface area contributed by atoms with E-state index in [-0.39, 0.29) is 22.3 Å². The zero-order valence-corrected chi connectivity index (χ0v) is 10.3. The standard InChI is InChI=1S/C12H14F2N2S/c1-6-4-7(5-6)16-9-3-2-8(12(15)17)10(13)11(9)14/h2-3,6-7,16H,4-5H2,1H3,(H2,15,17). The predicted octanol–water partition coefficient (Wildman–Crippen LogP) is 2.81. The van der Waals surface area contributed by atoms with E-state index in [0.29, 0.717) is 5.92 Å². The lowest BCUT2D eigenvalue weighted by Crippen LogP contribution is -2.34. The van der Waals surface area contributed by atoms with E-state index >= 15 is 0 Å². The second-order valence-electron chi connectivity index (χ2n) is 4.57. The van der Waals surface area contributed by atoms with Crippen molar-refractivity contribution in [3.8, 4) is 0 Å². The third-order valence-electron chi connectivity index (χ3n) is 3.08. The summed E-state index contributed by atoms with van der Waals surface area (Å²) < 4.78 is 27.3. The minimum absolute atomic E-state index is 0.0509. The highest BCUT2D eigenvalue weighted by molar-refractivity contribution is 7.80. The van der Waals surface area contributed by atoms with Crippen LogP contribution < -0.4 is 11.1 Å². The Bertz CT molecular complexity index is 456. The number of nitrogens with two attached hydrogens (primary N) is 1. The summed E-state index contributed by atoms with van der Waals surface area (Å²) in [6.45, 7) is 2.13. The Hall–Kier alpha value is -1.23. The molecule has 0 saturated heterocycles. The number of thiocarbonyl (C=S) groups is 1. The van der Waals surface area contributed by atoms with Crippen LogP contribution in [-0.2, 0) is 0 Å². The van der Waals surface area contributed by atoms with Crippen LogP contribution in [0.1, 0.15) is 25.3 Å². The fraction of sp³-hybridized carbons (Fsp3) is 0.417. The molecule has 0 spiro atoms. The molecule has 1 aromatic rings. The molecule has 17 heavy (non-hydrogen) atoms. The number of halogens is 2. The molecule has 0 unspecified atom stereocenters. The Kier molecular flexibility index (Phi) is 3.28. The Labute approximate surface area is 104 Å². The second kappa shape index (κ2) is 4.56. The average molecular weight is 256 g/mol. The van der Waals surface area contributed by atoms with Gasteiger partial charge < -0.3 is 11.1 Å². The number of benzene rings is 1. The minimum atomic E-state index is -0.977. The summed E-state index contributed by atoms with van der Waals surface area (Å²) in [4.78, 5) is -0.134. The van der Waals surface area contributed by atoms with Crippen LogP contribution in [-0.4, -0.2) is 11.0 Å². The Morgan fingerprint density at radius 3 is 2.53 bits per heavy atom. The maximum atomic E-state index is 13.7. The smallest absolute Gasteiger partial charge is 0.182 e. The molecule has 0 bridgehead atoms. The average Bonchev–Trinajstić information content (AvgIpc) is 2.22. The number of anilines is 1. The zero-order valence-electron chi connectivity index (χ0n) is 9.47. The van der Waals surface area contributed by atoms with E-state index in [9.17, 15) is 8.78 Å². The molecule has 1 saturated carbocycles. The summed E-state index contributed by atoms with van der Waals surface area (Å²) >= 11 is 4.64. The first kappa shape index (κ1) is 12.2. The van der Waals surface area contributed by atoms with Crippen LogP contribution in [0.4, 0.5) is 14.5 Å². The lowest BCUT2D eigenvalue weighted by molar-refractivity contribution is 0.308. The first-order valence-corrected chi connectivity index (χ1v) is 5.94. The third kappa shape index (κ3) is 2.39. The van der Waals surface area contributed by atoms with Crippen LogP contribution in [0.3, 0.4) is 0 Å². The van der Waals surface area contributed by atoms with Gasteiger partial charge in [-0.25, -0.2) is 8.78 Å². The van der Waals surface area contributed by atoms with Crippen molar-refractivity contribution in [2.75, 3.05) is 5.32 Å². The van der Waals surface area contributed by atoms with E-state index in [0.717, 1.165) is 12.8 Å². The van der Waals surface area contributed by atoms with Crippen LogP contribution in [0.15, 0.2) is 12.1 Å². The molecule has 0 aromatic heterocycles. The Balaban J connectivity index is 2.19. The number of rotatable bonds is 3. The molecule has 2 rings (SSSR count). The normalized spacial score (nSPS) is 23.0. The quantitative estimate of drug-likeness (QED) is 0.817. The van der Waals surface area contributed by atoms with E-state index in [1.807, 2.05) is 0 Å². The molecule has 1 aromatic carbocycles. The third-order valence-corrected chi connectivity index (χ3v) is 3.30. The van der Waals surface area contributed by atoms with Gasteiger partial charge in [-0.3, -0.25) is 0 Å². The van der Waals surface area contributed by atoms with Gasteiger partial charge in [0.1, 0.15) is 4.99 Å². The van der Waals surface area contributed by atoms with Crippen molar-refractivity contribution in [3.05, 3.63) is 29.3 Å². The summed E-state index contributed by atoms with van der Waals surface area (Å²) in [5, 5.41) is 2.98. The van der Waals surface area contributed by atoms with E-state index in [1.165, 1.54) is 12.1 Å². The molecule has 0 atom stereocenters. The van der Waals surface area contributed by atoms with Gasteiger partial charge in [0.05, 0.1) is 5.69 Å². The van der Waals surface area contributed by atoms with E-state index in [4.69, 9.17) is 5.73 Å². The van der Waals surface area contributed by atoms with E-state index in [2.05, 4.69) is 24.5 Å². The maximum Gasteiger partial charge on any atom is 0.182 e. The summed E-state index contributed by atoms with van der Waals surface area (Å²) in [7, 11) is 0. The highest BCUT2D eigenvalue weighted by Crippen LogP contribution is 2.31. The Morgan fingerprint density at radius 1 is 1.35 bits per heavy atom. The molecule has 5 heteroatoms. The molecule has 1 aliphatic rings. The van der Waals surface area contributed by atoms with Crippen LogP contribution >= 0.6 is 12.2 Å². The lowest BCUT2D eigenvalue weighted by Gasteiger charge is -2.34. The largest absolute Gasteiger partial charge is 0.389 e. The molecule has 3 N–H and O–H groups in total. The van der Waals surface area contributed by atoms with Crippen molar-refractivity contribution >= 4 is 22.9 Å². The molecule has 1 fully saturated rings. The molecule has 92 valence electrons. The first-order valence-electron chi connectivity index (χ1n) is 5.53. The lowest BCUT2D eigenvalue weighted by atomic mass is 9.82. The minimum Gasteiger partial charge on any atom is -0.389 e. The summed E-state index contributed by atoms with van der Waals surface area (Å²) in [5.74, 6) is -1.24. The second-order valence-corrected chi connectivity index (χ2v) is 5.01. The van der Waals surface area contributed by atoms with Gasteiger partial charge in [-0.15, -0.1) is 0 Å². The van der Waals surface area contributed by atoms with Crippen molar-refractivity contribution in [3.63, 3.8) is 0 Å². The highest BCUT2D eigenvalue weighted by atomic mass is 32.1. The molecular formula is C12H14F2N2S.